The number of ether oxygens (including phenoxy) is 1. The fourth-order valence-electron chi connectivity index (χ4n) is 1.95. The number of benzene rings is 1. The highest BCUT2D eigenvalue weighted by Crippen LogP contribution is 2.37. The molecule has 0 heterocycles. The first-order chi connectivity index (χ1) is 7.65. The Kier molecular flexibility index (Phi) is 5.10. The third-order valence-electron chi connectivity index (χ3n) is 3.02. The molecule has 0 bridgehead atoms. The number of aliphatic hydroxyl groups excluding tert-OH is 1. The number of hydrogen-bond acceptors (Lipinski definition) is 2. The maximum absolute atomic E-state index is 10.3. The Labute approximate surface area is 102 Å². The second-order valence-electron chi connectivity index (χ2n) is 3.88. The highest BCUT2D eigenvalue weighted by atomic mass is 35.5. The number of halogens is 1. The van der Waals surface area contributed by atoms with Gasteiger partial charge in [0.2, 0.25) is 0 Å². The van der Waals surface area contributed by atoms with Crippen molar-refractivity contribution in [3.05, 3.63) is 28.8 Å². The summed E-state index contributed by atoms with van der Waals surface area (Å²) in [7, 11) is 1.59. The topological polar surface area (TPSA) is 29.5 Å². The zero-order valence-corrected chi connectivity index (χ0v) is 10.8. The standard InChI is InChI=1S/C13H19ClO2/c1-4-9(5-2)13(15)12-10(14)7-6-8-11(12)16-3/h6-9,13,15H,4-5H2,1-3H3. The molecule has 0 saturated carbocycles. The van der Waals surface area contributed by atoms with E-state index in [9.17, 15) is 5.11 Å². The Balaban J connectivity index is 3.10. The van der Waals surface area contributed by atoms with Crippen LogP contribution in [0.15, 0.2) is 18.2 Å². The van der Waals surface area contributed by atoms with Crippen LogP contribution in [-0.4, -0.2) is 12.2 Å². The number of aliphatic hydroxyl groups is 1. The van der Waals surface area contributed by atoms with E-state index in [0.717, 1.165) is 12.8 Å². The second kappa shape index (κ2) is 6.12. The van der Waals surface area contributed by atoms with Gasteiger partial charge in [0.25, 0.3) is 0 Å². The Bertz CT molecular complexity index is 335. The molecule has 1 unspecified atom stereocenters. The van der Waals surface area contributed by atoms with Crippen LogP contribution in [0.25, 0.3) is 0 Å². The van der Waals surface area contributed by atoms with Crippen molar-refractivity contribution in [2.75, 3.05) is 7.11 Å². The molecular formula is C13H19ClO2. The smallest absolute Gasteiger partial charge is 0.126 e. The summed E-state index contributed by atoms with van der Waals surface area (Å²) in [5.74, 6) is 0.876. The molecule has 0 saturated heterocycles. The van der Waals surface area contributed by atoms with Crippen molar-refractivity contribution in [2.24, 2.45) is 5.92 Å². The van der Waals surface area contributed by atoms with Crippen molar-refractivity contribution in [3.63, 3.8) is 0 Å². The Morgan fingerprint density at radius 1 is 1.31 bits per heavy atom. The molecule has 1 aromatic carbocycles. The summed E-state index contributed by atoms with van der Waals surface area (Å²) >= 11 is 6.12. The molecule has 0 aliphatic carbocycles. The molecule has 2 nitrogen and oxygen atoms in total. The molecule has 90 valence electrons. The van der Waals surface area contributed by atoms with Crippen LogP contribution in [0.1, 0.15) is 38.4 Å². The Morgan fingerprint density at radius 2 is 1.94 bits per heavy atom. The highest BCUT2D eigenvalue weighted by molar-refractivity contribution is 6.31. The third-order valence-corrected chi connectivity index (χ3v) is 3.35. The quantitative estimate of drug-likeness (QED) is 0.851. The lowest BCUT2D eigenvalue weighted by Crippen LogP contribution is -2.12. The zero-order chi connectivity index (χ0) is 12.1. The van der Waals surface area contributed by atoms with Gasteiger partial charge in [-0.25, -0.2) is 0 Å². The van der Waals surface area contributed by atoms with E-state index in [1.165, 1.54) is 0 Å². The van der Waals surface area contributed by atoms with E-state index < -0.39 is 6.10 Å². The van der Waals surface area contributed by atoms with Crippen LogP contribution in [0.2, 0.25) is 5.02 Å². The van der Waals surface area contributed by atoms with Crippen molar-refractivity contribution < 1.29 is 9.84 Å². The van der Waals surface area contributed by atoms with Gasteiger partial charge < -0.3 is 9.84 Å². The second-order valence-corrected chi connectivity index (χ2v) is 4.28. The maximum Gasteiger partial charge on any atom is 0.126 e. The van der Waals surface area contributed by atoms with Crippen molar-refractivity contribution in [3.8, 4) is 5.75 Å². The number of rotatable bonds is 5. The van der Waals surface area contributed by atoms with Gasteiger partial charge in [0.05, 0.1) is 18.2 Å². The summed E-state index contributed by atoms with van der Waals surface area (Å²) in [6, 6.07) is 5.43. The minimum absolute atomic E-state index is 0.216. The lowest BCUT2D eigenvalue weighted by Gasteiger charge is -2.23. The van der Waals surface area contributed by atoms with E-state index in [-0.39, 0.29) is 5.92 Å². The average Bonchev–Trinajstić information content (AvgIpc) is 2.29. The summed E-state index contributed by atoms with van der Waals surface area (Å²) < 4.78 is 5.24. The van der Waals surface area contributed by atoms with Crippen molar-refractivity contribution >= 4 is 11.6 Å². The van der Waals surface area contributed by atoms with E-state index in [0.29, 0.717) is 16.3 Å². The lowest BCUT2D eigenvalue weighted by molar-refractivity contribution is 0.101. The molecule has 3 heteroatoms. The fourth-order valence-corrected chi connectivity index (χ4v) is 2.23. The van der Waals surface area contributed by atoms with E-state index in [2.05, 4.69) is 13.8 Å². The maximum atomic E-state index is 10.3. The van der Waals surface area contributed by atoms with Crippen LogP contribution in [0, 0.1) is 5.92 Å². The monoisotopic (exact) mass is 242 g/mol. The van der Waals surface area contributed by atoms with E-state index in [1.807, 2.05) is 12.1 Å². The van der Waals surface area contributed by atoms with Gasteiger partial charge in [-0.05, 0) is 18.1 Å². The molecule has 0 aliphatic rings. The van der Waals surface area contributed by atoms with Crippen LogP contribution >= 0.6 is 11.6 Å². The summed E-state index contributed by atoms with van der Waals surface area (Å²) in [4.78, 5) is 0. The van der Waals surface area contributed by atoms with Crippen LogP contribution in [-0.2, 0) is 0 Å². The minimum Gasteiger partial charge on any atom is -0.496 e. The normalized spacial score (nSPS) is 12.9. The summed E-state index contributed by atoms with van der Waals surface area (Å²) in [6.07, 6.45) is 1.29. The summed E-state index contributed by atoms with van der Waals surface area (Å²) in [5, 5.41) is 10.9. The van der Waals surface area contributed by atoms with Crippen LogP contribution in [0.3, 0.4) is 0 Å². The zero-order valence-electron chi connectivity index (χ0n) is 10.0. The minimum atomic E-state index is -0.557. The van der Waals surface area contributed by atoms with Crippen molar-refractivity contribution in [1.82, 2.24) is 0 Å². The first-order valence-corrected chi connectivity index (χ1v) is 6.03. The molecule has 0 amide bonds. The van der Waals surface area contributed by atoms with Crippen LogP contribution in [0.4, 0.5) is 0 Å². The number of hydrogen-bond donors (Lipinski definition) is 1. The third kappa shape index (κ3) is 2.69. The molecule has 1 atom stereocenters. The molecule has 0 fully saturated rings. The molecule has 0 radical (unpaired) electrons. The molecular weight excluding hydrogens is 224 g/mol. The van der Waals surface area contributed by atoms with Crippen LogP contribution in [0.5, 0.6) is 5.75 Å². The molecule has 0 spiro atoms. The lowest BCUT2D eigenvalue weighted by atomic mass is 9.91. The predicted molar refractivity (Wildman–Crippen MR) is 67.0 cm³/mol. The van der Waals surface area contributed by atoms with Gasteiger partial charge in [-0.3, -0.25) is 0 Å². The average molecular weight is 243 g/mol. The van der Waals surface area contributed by atoms with Gasteiger partial charge in [0.1, 0.15) is 5.75 Å². The largest absolute Gasteiger partial charge is 0.496 e. The van der Waals surface area contributed by atoms with Gasteiger partial charge in [0, 0.05) is 5.56 Å². The summed E-state index contributed by atoms with van der Waals surface area (Å²) in [6.45, 7) is 4.14. The molecule has 1 aromatic rings. The Morgan fingerprint density at radius 3 is 2.44 bits per heavy atom. The van der Waals surface area contributed by atoms with Gasteiger partial charge in [-0.2, -0.15) is 0 Å². The summed E-state index contributed by atoms with van der Waals surface area (Å²) in [5.41, 5.74) is 0.709. The van der Waals surface area contributed by atoms with Gasteiger partial charge in [-0.1, -0.05) is 44.4 Å². The molecule has 0 aromatic heterocycles. The molecule has 1 N–H and O–H groups in total. The van der Waals surface area contributed by atoms with Gasteiger partial charge in [-0.15, -0.1) is 0 Å². The molecule has 0 aliphatic heterocycles. The van der Waals surface area contributed by atoms with Crippen molar-refractivity contribution in [1.29, 1.82) is 0 Å². The van der Waals surface area contributed by atoms with E-state index >= 15 is 0 Å². The van der Waals surface area contributed by atoms with E-state index in [1.54, 1.807) is 13.2 Å². The van der Waals surface area contributed by atoms with Gasteiger partial charge >= 0.3 is 0 Å². The fraction of sp³-hybridized carbons (Fsp3) is 0.538. The SMILES string of the molecule is CCC(CC)C(O)c1c(Cl)cccc1OC. The molecule has 16 heavy (non-hydrogen) atoms. The van der Waals surface area contributed by atoms with Crippen LogP contribution < -0.4 is 4.74 Å². The first-order valence-electron chi connectivity index (χ1n) is 5.66. The predicted octanol–water partition coefficient (Wildman–Crippen LogP) is 3.82. The van der Waals surface area contributed by atoms with E-state index in [4.69, 9.17) is 16.3 Å². The van der Waals surface area contributed by atoms with Gasteiger partial charge in [0.15, 0.2) is 0 Å². The highest BCUT2D eigenvalue weighted by Gasteiger charge is 2.23. The number of methoxy groups -OCH3 is 1. The van der Waals surface area contributed by atoms with Crippen molar-refractivity contribution in [2.45, 2.75) is 32.8 Å². The Hall–Kier alpha value is -0.730. The first kappa shape index (κ1) is 13.3. The molecule has 1 rings (SSSR count).